The van der Waals surface area contributed by atoms with E-state index in [2.05, 4.69) is 5.84 Å². The molecule has 0 aliphatic rings. The Bertz CT molecular complexity index is 10.8. The molecule has 0 atom stereocenters. The van der Waals surface area contributed by atoms with Gasteiger partial charge in [-0.1, -0.05) is 4.48 Å². The summed E-state index contributed by atoms with van der Waals surface area (Å²) in [6.45, 7) is 0. The zero-order valence-corrected chi connectivity index (χ0v) is 1.85. The molecule has 0 rings (SSSR count). The van der Waals surface area contributed by atoms with Gasteiger partial charge in [0.1, 0.15) is 0 Å². The highest BCUT2D eigenvalue weighted by Crippen LogP contribution is 1.53. The highest BCUT2D eigenvalue weighted by molar-refractivity contribution is 3.47. The Morgan fingerprint density at radius 1 is 2.00 bits per heavy atom. The minimum absolute atomic E-state index is 1.00. The second-order valence-electron chi connectivity index (χ2n) is 0.289. The van der Waals surface area contributed by atoms with Gasteiger partial charge < -0.3 is 0 Å². The summed E-state index contributed by atoms with van der Waals surface area (Å²) in [7, 11) is 0. The topological polar surface area (TPSA) is 49.5 Å². The average molecular weight is 66.0 g/mol. The highest BCUT2D eigenvalue weighted by Gasteiger charge is 1.67. The van der Waals surface area contributed by atoms with E-state index in [9.17, 15) is 4.48 Å². The predicted molar refractivity (Wildman–Crippen MR) is 8.92 cm³/mol. The first kappa shape index (κ1) is 3.81. The number of rotatable bonds is 0. The van der Waals surface area contributed by atoms with E-state index < -0.39 is 5.39 Å². The zero-order chi connectivity index (χ0) is 3.58. The molecular weight excluding hydrogens is 63.0 g/mol. The van der Waals surface area contributed by atoms with Crippen LogP contribution in [0.2, 0.25) is 0 Å². The van der Waals surface area contributed by atoms with Crippen molar-refractivity contribution >= 4 is 0 Å². The van der Waals surface area contributed by atoms with Crippen molar-refractivity contribution in [2.24, 2.45) is 5.84 Å². The second kappa shape index (κ2) is 1.17. The molecule has 0 aliphatic carbocycles. The van der Waals surface area contributed by atoms with Crippen LogP contribution in [0.4, 0.5) is 4.48 Å². The lowest BCUT2D eigenvalue weighted by Crippen LogP contribution is -2.14. The van der Waals surface area contributed by atoms with Crippen LogP contribution in [0.25, 0.3) is 0 Å². The molecule has 0 heterocycles. The molecule has 0 saturated heterocycles. The van der Waals surface area contributed by atoms with Gasteiger partial charge in [-0.15, -0.1) is 0 Å². The Hall–Kier alpha value is -0.190. The Balaban J connectivity index is 2.32. The Kier molecular flexibility index (Phi) is 1.11. The molecule has 0 aromatic rings. The van der Waals surface area contributed by atoms with E-state index in [1.165, 1.54) is 0 Å². The third-order valence-electron chi connectivity index (χ3n) is 0. The molecular formula is H3FN2O. The van der Waals surface area contributed by atoms with Crippen LogP contribution in [0.3, 0.4) is 0 Å². The fourth-order valence-electron chi connectivity index (χ4n) is 0. The number of hydrazine groups is 1. The summed E-state index contributed by atoms with van der Waals surface area (Å²) < 4.78 is 10.2. The number of hydrogen-bond acceptors (Lipinski definition) is 3. The second-order valence-corrected chi connectivity index (χ2v) is 0.289. The van der Waals surface area contributed by atoms with E-state index in [0.29, 0.717) is 0 Å². The summed E-state index contributed by atoms with van der Waals surface area (Å²) in [5.41, 5.74) is 0. The quantitative estimate of drug-likeness (QED) is 0.226. The van der Waals surface area contributed by atoms with Gasteiger partial charge >= 0.3 is 0 Å². The van der Waals surface area contributed by atoms with Crippen molar-refractivity contribution in [2.45, 2.75) is 0 Å². The van der Waals surface area contributed by atoms with E-state index in [1.54, 1.807) is 0 Å². The van der Waals surface area contributed by atoms with Gasteiger partial charge in [-0.3, -0.25) is 5.21 Å². The molecule has 3 N–H and O–H groups in total. The van der Waals surface area contributed by atoms with Crippen molar-refractivity contribution in [1.82, 2.24) is 5.39 Å². The van der Waals surface area contributed by atoms with Gasteiger partial charge in [-0.05, 0) is 0 Å². The largest absolute Gasteiger partial charge is 0.272 e. The first-order chi connectivity index (χ1) is 1.73. The van der Waals surface area contributed by atoms with Crippen molar-refractivity contribution < 1.29 is 9.69 Å². The molecule has 0 amide bonds. The molecule has 0 unspecified atom stereocenters. The molecule has 0 saturated carbocycles. The Labute approximate surface area is 22.3 Å². The maximum Gasteiger partial charge on any atom is 0.0483 e. The monoisotopic (exact) mass is 66.0 g/mol. The lowest BCUT2D eigenvalue weighted by molar-refractivity contribution is -0.240. The molecule has 26 valence electrons. The van der Waals surface area contributed by atoms with Gasteiger partial charge in [0.25, 0.3) is 0 Å². The van der Waals surface area contributed by atoms with Gasteiger partial charge in [0.15, 0.2) is 0 Å². The van der Waals surface area contributed by atoms with Crippen molar-refractivity contribution in [3.8, 4) is 0 Å². The van der Waals surface area contributed by atoms with Gasteiger partial charge in [-0.2, -0.15) is 0 Å². The summed E-state index contributed by atoms with van der Waals surface area (Å²) in [6.07, 6.45) is 0. The average Bonchev–Trinajstić information content (AvgIpc) is 0.811. The maximum atomic E-state index is 10.2. The van der Waals surface area contributed by atoms with Crippen LogP contribution < -0.4 is 5.84 Å². The zero-order valence-electron chi connectivity index (χ0n) is 1.85. The van der Waals surface area contributed by atoms with Crippen molar-refractivity contribution in [3.05, 3.63) is 0 Å². The van der Waals surface area contributed by atoms with Crippen LogP contribution in [0.1, 0.15) is 0 Å². The summed E-state index contributed by atoms with van der Waals surface area (Å²) in [4.78, 5) is 0. The fourth-order valence-corrected chi connectivity index (χ4v) is 0. The molecule has 0 aromatic carbocycles. The van der Waals surface area contributed by atoms with Crippen LogP contribution in [0, 0.1) is 0 Å². The summed E-state index contributed by atoms with van der Waals surface area (Å²) in [5.74, 6) is 3.83. The van der Waals surface area contributed by atoms with Gasteiger partial charge in [-0.25, -0.2) is 5.84 Å². The van der Waals surface area contributed by atoms with Crippen molar-refractivity contribution in [1.29, 1.82) is 0 Å². The fraction of sp³-hybridized carbons (Fsp3) is 0. The normalized spacial score (nSPS) is 9.00. The van der Waals surface area contributed by atoms with E-state index in [0.717, 1.165) is 0 Å². The number of nitrogens with two attached hydrogens (primary N) is 1. The molecule has 0 spiro atoms. The van der Waals surface area contributed by atoms with Crippen LogP contribution in [-0.4, -0.2) is 10.6 Å². The van der Waals surface area contributed by atoms with Crippen molar-refractivity contribution in [3.63, 3.8) is 0 Å². The first-order valence-electron chi connectivity index (χ1n) is 0.627. The third-order valence-corrected chi connectivity index (χ3v) is 0. The summed E-state index contributed by atoms with van der Waals surface area (Å²) in [5, 5.41) is 6.00. The van der Waals surface area contributed by atoms with E-state index in [1.807, 2.05) is 0 Å². The number of nitrogens with zero attached hydrogens (tertiary/aromatic N) is 1. The third kappa shape index (κ3) is 32.9. The van der Waals surface area contributed by atoms with E-state index in [-0.39, 0.29) is 0 Å². The van der Waals surface area contributed by atoms with Gasteiger partial charge in [0.2, 0.25) is 0 Å². The molecule has 0 radical (unpaired) electrons. The molecule has 3 nitrogen and oxygen atoms in total. The van der Waals surface area contributed by atoms with E-state index in [4.69, 9.17) is 5.21 Å². The van der Waals surface area contributed by atoms with Crippen LogP contribution >= 0.6 is 0 Å². The smallest absolute Gasteiger partial charge is 0.0483 e. The van der Waals surface area contributed by atoms with Crippen LogP contribution in [0.5, 0.6) is 0 Å². The SMILES string of the molecule is NN(O)F. The van der Waals surface area contributed by atoms with Gasteiger partial charge in [0, 0.05) is 5.39 Å². The standard InChI is InChI=1S/FH3N2O/c1-3(2)4/h4H,2H2. The van der Waals surface area contributed by atoms with E-state index >= 15 is 0 Å². The predicted octanol–water partition coefficient (Wildman–Crippen LogP) is -0.564. The molecule has 0 bridgehead atoms. The minimum atomic E-state index is -1.00. The first-order valence-corrected chi connectivity index (χ1v) is 0.627. The lowest BCUT2D eigenvalue weighted by atomic mass is 12.7. The van der Waals surface area contributed by atoms with Gasteiger partial charge in [0.05, 0.1) is 0 Å². The summed E-state index contributed by atoms with van der Waals surface area (Å²) in [6, 6.07) is 0. The minimum Gasteiger partial charge on any atom is -0.272 e. The summed E-state index contributed by atoms with van der Waals surface area (Å²) >= 11 is 0. The van der Waals surface area contributed by atoms with Crippen LogP contribution in [0.15, 0.2) is 0 Å². The molecule has 0 fully saturated rings. The number of hydrogen-bond donors (Lipinski definition) is 2. The van der Waals surface area contributed by atoms with Crippen molar-refractivity contribution in [2.75, 3.05) is 0 Å². The molecule has 0 aliphatic heterocycles. The maximum absolute atomic E-state index is 10.2. The van der Waals surface area contributed by atoms with Crippen LogP contribution in [-0.2, 0) is 0 Å². The highest BCUT2D eigenvalue weighted by atomic mass is 19.2. The Morgan fingerprint density at radius 2 is 2.00 bits per heavy atom. The Morgan fingerprint density at radius 3 is 2.00 bits per heavy atom. The molecule has 4 heteroatoms. The number of halogens is 1. The lowest BCUT2D eigenvalue weighted by Gasteiger charge is -1.81. The molecule has 0 aromatic heterocycles. The molecule has 4 heavy (non-hydrogen) atoms.